The Kier molecular flexibility index (Phi) is 6.61. The number of halogens is 4. The molecule has 2 aromatic carbocycles. The fourth-order valence-electron chi connectivity index (χ4n) is 6.20. The van der Waals surface area contributed by atoms with Gasteiger partial charge in [-0.05, 0) is 62.8 Å². The summed E-state index contributed by atoms with van der Waals surface area (Å²) in [6, 6.07) is 8.54. The van der Waals surface area contributed by atoms with Crippen molar-refractivity contribution in [2.45, 2.75) is 75.6 Å². The van der Waals surface area contributed by atoms with Crippen LogP contribution < -0.4 is 9.64 Å². The van der Waals surface area contributed by atoms with Crippen LogP contribution in [0.3, 0.4) is 0 Å². The largest absolute Gasteiger partial charge is 0.573 e. The third kappa shape index (κ3) is 5.08. The molecule has 0 radical (unpaired) electrons. The fourth-order valence-corrected chi connectivity index (χ4v) is 7.37. The minimum atomic E-state index is -4.85. The SMILES string of the molecule is O=C(O)c1cc(F)c2nc(N3C4CC[C@@H]3CC(OCc3c(-c5ccccc5OC(F)(F)F)noc3C3CC3)C4)sc2c1. The Balaban J connectivity index is 1.10. The maximum absolute atomic E-state index is 14.6. The Hall–Kier alpha value is -3.71. The number of ether oxygens (including phenoxy) is 2. The molecule has 3 fully saturated rings. The quantitative estimate of drug-likeness (QED) is 0.210. The van der Waals surface area contributed by atoms with Crippen molar-refractivity contribution in [1.82, 2.24) is 10.1 Å². The van der Waals surface area contributed by atoms with Crippen LogP contribution in [-0.4, -0.2) is 45.8 Å². The Bertz CT molecular complexity index is 1650. The average molecular weight is 604 g/mol. The summed E-state index contributed by atoms with van der Waals surface area (Å²) in [6.07, 6.45) is 0.0965. The number of hydrogen-bond donors (Lipinski definition) is 1. The van der Waals surface area contributed by atoms with Gasteiger partial charge >= 0.3 is 12.3 Å². The molecule has 1 N–H and O–H groups in total. The third-order valence-corrected chi connectivity index (χ3v) is 9.21. The molecule has 1 aliphatic carbocycles. The van der Waals surface area contributed by atoms with Crippen LogP contribution in [0, 0.1) is 5.82 Å². The number of alkyl halides is 3. The summed E-state index contributed by atoms with van der Waals surface area (Å²) in [7, 11) is 0. The predicted octanol–water partition coefficient (Wildman–Crippen LogP) is 7.28. The molecular formula is C29H25F4N3O5S. The van der Waals surface area contributed by atoms with E-state index >= 15 is 0 Å². The number of aromatic carboxylic acids is 1. The number of anilines is 1. The van der Waals surface area contributed by atoms with Gasteiger partial charge in [-0.2, -0.15) is 0 Å². The van der Waals surface area contributed by atoms with E-state index in [1.54, 1.807) is 6.07 Å². The number of thiazole rings is 1. The number of aromatic nitrogens is 2. The van der Waals surface area contributed by atoms with Crippen molar-refractivity contribution < 1.29 is 41.5 Å². The predicted molar refractivity (Wildman–Crippen MR) is 144 cm³/mol. The highest BCUT2D eigenvalue weighted by molar-refractivity contribution is 7.22. The van der Waals surface area contributed by atoms with Gasteiger partial charge in [-0.1, -0.05) is 28.6 Å². The molecule has 7 rings (SSSR count). The van der Waals surface area contributed by atoms with Crippen molar-refractivity contribution in [3.63, 3.8) is 0 Å². The third-order valence-electron chi connectivity index (χ3n) is 8.19. The first kappa shape index (κ1) is 27.1. The molecule has 3 atom stereocenters. The van der Waals surface area contributed by atoms with Crippen LogP contribution in [0.4, 0.5) is 22.7 Å². The second-order valence-corrected chi connectivity index (χ2v) is 12.0. The molecule has 0 spiro atoms. The molecule has 2 saturated heterocycles. The Morgan fingerprint density at radius 1 is 1.12 bits per heavy atom. The topological polar surface area (TPSA) is 97.9 Å². The molecule has 1 saturated carbocycles. The lowest BCUT2D eigenvalue weighted by molar-refractivity contribution is -0.274. The minimum Gasteiger partial charge on any atom is -0.478 e. The lowest BCUT2D eigenvalue weighted by Gasteiger charge is -2.38. The molecule has 8 nitrogen and oxygen atoms in total. The number of para-hydroxylation sites is 1. The zero-order valence-corrected chi connectivity index (χ0v) is 22.9. The van der Waals surface area contributed by atoms with Gasteiger partial charge in [-0.3, -0.25) is 0 Å². The molecule has 13 heteroatoms. The van der Waals surface area contributed by atoms with Gasteiger partial charge in [0.15, 0.2) is 10.9 Å². The first-order valence-corrected chi connectivity index (χ1v) is 14.5. The Morgan fingerprint density at radius 2 is 1.86 bits per heavy atom. The van der Waals surface area contributed by atoms with Crippen molar-refractivity contribution in [2.24, 2.45) is 0 Å². The van der Waals surface area contributed by atoms with Crippen LogP contribution in [0.2, 0.25) is 0 Å². The van der Waals surface area contributed by atoms with Gasteiger partial charge in [0.05, 0.1) is 23.0 Å². The van der Waals surface area contributed by atoms with Crippen LogP contribution in [0.15, 0.2) is 40.9 Å². The average Bonchev–Trinajstić information content (AvgIpc) is 3.45. The summed E-state index contributed by atoms with van der Waals surface area (Å²) < 4.78 is 70.7. The van der Waals surface area contributed by atoms with Crippen molar-refractivity contribution in [3.05, 3.63) is 59.1 Å². The molecule has 42 heavy (non-hydrogen) atoms. The zero-order chi connectivity index (χ0) is 29.2. The van der Waals surface area contributed by atoms with Gasteiger partial charge in [-0.25, -0.2) is 14.2 Å². The molecule has 0 amide bonds. The van der Waals surface area contributed by atoms with E-state index in [1.165, 1.54) is 35.6 Å². The number of carboxylic acids is 1. The van der Waals surface area contributed by atoms with Crippen molar-refractivity contribution >= 4 is 32.7 Å². The van der Waals surface area contributed by atoms with Gasteiger partial charge in [-0.15, -0.1) is 13.2 Å². The van der Waals surface area contributed by atoms with E-state index in [4.69, 9.17) is 9.26 Å². The molecule has 3 aliphatic rings. The van der Waals surface area contributed by atoms with E-state index in [-0.39, 0.29) is 58.8 Å². The normalized spacial score (nSPS) is 22.2. The summed E-state index contributed by atoms with van der Waals surface area (Å²) in [5, 5.41) is 14.1. The first-order chi connectivity index (χ1) is 20.1. The van der Waals surface area contributed by atoms with E-state index in [1.807, 2.05) is 0 Å². The summed E-state index contributed by atoms with van der Waals surface area (Å²) in [5.41, 5.74) is 1.17. The number of nitrogens with zero attached hydrogens (tertiary/aromatic N) is 3. The Morgan fingerprint density at radius 3 is 2.55 bits per heavy atom. The molecule has 220 valence electrons. The van der Waals surface area contributed by atoms with E-state index < -0.39 is 18.1 Å². The monoisotopic (exact) mass is 603 g/mol. The maximum atomic E-state index is 14.6. The van der Waals surface area contributed by atoms with Crippen LogP contribution in [0.5, 0.6) is 5.75 Å². The summed E-state index contributed by atoms with van der Waals surface area (Å²) in [5.74, 6) is -1.39. The number of hydrogen-bond acceptors (Lipinski definition) is 8. The highest BCUT2D eigenvalue weighted by atomic mass is 32.1. The highest BCUT2D eigenvalue weighted by Gasteiger charge is 2.43. The van der Waals surface area contributed by atoms with Crippen molar-refractivity contribution in [3.8, 4) is 17.0 Å². The number of carboxylic acid groups (broad SMARTS) is 1. The number of carbonyl (C=O) groups is 1. The molecule has 4 aromatic rings. The van der Waals surface area contributed by atoms with Crippen LogP contribution >= 0.6 is 11.3 Å². The van der Waals surface area contributed by atoms with Crippen molar-refractivity contribution in [1.29, 1.82) is 0 Å². The molecular weight excluding hydrogens is 578 g/mol. The lowest BCUT2D eigenvalue weighted by Crippen LogP contribution is -2.45. The first-order valence-electron chi connectivity index (χ1n) is 13.7. The molecule has 2 unspecified atom stereocenters. The number of fused-ring (bicyclic) bond motifs is 3. The second-order valence-electron chi connectivity index (χ2n) is 11.0. The molecule has 2 aliphatic heterocycles. The fraction of sp³-hybridized carbons (Fsp3) is 0.414. The molecule has 2 bridgehead atoms. The van der Waals surface area contributed by atoms with E-state index in [2.05, 4.69) is 19.8 Å². The number of rotatable bonds is 8. The smallest absolute Gasteiger partial charge is 0.478 e. The lowest BCUT2D eigenvalue weighted by atomic mass is 10.00. The summed E-state index contributed by atoms with van der Waals surface area (Å²) >= 11 is 1.28. The van der Waals surface area contributed by atoms with Gasteiger partial charge in [0.2, 0.25) is 0 Å². The standard InChI is InChI=1S/C29H25F4N3O5S/c30-21-9-15(27(37)38)10-23-25(21)34-28(42-23)36-16-7-8-17(36)12-18(11-16)39-13-20-24(35-41-26(20)14-5-6-14)19-3-1-2-4-22(19)40-29(31,32)33/h1-4,9-10,14,16-18H,5-8,11-13H2,(H,37,38)/t16-,17?,18?/m1/s1. The van der Waals surface area contributed by atoms with E-state index in [0.717, 1.165) is 31.7 Å². The van der Waals surface area contributed by atoms with Gasteiger partial charge in [0, 0.05) is 29.1 Å². The van der Waals surface area contributed by atoms with E-state index in [9.17, 15) is 27.5 Å². The number of piperidine rings is 1. The minimum absolute atomic E-state index is 0.111. The second kappa shape index (κ2) is 10.2. The van der Waals surface area contributed by atoms with E-state index in [0.29, 0.717) is 34.0 Å². The van der Waals surface area contributed by atoms with Gasteiger partial charge < -0.3 is 24.0 Å². The van der Waals surface area contributed by atoms with Gasteiger partial charge in [0.25, 0.3) is 0 Å². The molecule has 2 aromatic heterocycles. The van der Waals surface area contributed by atoms with Crippen LogP contribution in [0.1, 0.15) is 66.1 Å². The van der Waals surface area contributed by atoms with Crippen LogP contribution in [-0.2, 0) is 11.3 Å². The van der Waals surface area contributed by atoms with Crippen LogP contribution in [0.25, 0.3) is 21.5 Å². The van der Waals surface area contributed by atoms with Crippen molar-refractivity contribution in [2.75, 3.05) is 4.90 Å². The zero-order valence-electron chi connectivity index (χ0n) is 22.1. The van der Waals surface area contributed by atoms with Gasteiger partial charge in [0.1, 0.15) is 22.7 Å². The Labute approximate surface area is 240 Å². The maximum Gasteiger partial charge on any atom is 0.573 e. The summed E-state index contributed by atoms with van der Waals surface area (Å²) in [6.45, 7) is 0.138. The summed E-state index contributed by atoms with van der Waals surface area (Å²) in [4.78, 5) is 18.1. The molecule has 4 heterocycles. The highest BCUT2D eigenvalue weighted by Crippen LogP contribution is 2.47. The number of benzene rings is 2.